The minimum Gasteiger partial charge on any atom is -0.444 e. The minimum atomic E-state index is -4.60. The fourth-order valence-electron chi connectivity index (χ4n) is 1.93. The van der Waals surface area contributed by atoms with Crippen LogP contribution in [-0.4, -0.2) is 9.97 Å². The molecule has 24 heavy (non-hydrogen) atoms. The number of alkyl halides is 3. The molecule has 0 spiro atoms. The summed E-state index contributed by atoms with van der Waals surface area (Å²) in [4.78, 5) is 8.19. The third kappa shape index (κ3) is 4.09. The summed E-state index contributed by atoms with van der Waals surface area (Å²) in [6.07, 6.45) is -3.00. The zero-order valence-electron chi connectivity index (χ0n) is 13.7. The van der Waals surface area contributed by atoms with Gasteiger partial charge in [0.1, 0.15) is 16.9 Å². The van der Waals surface area contributed by atoms with Gasteiger partial charge in [0.15, 0.2) is 0 Å². The molecule has 2 aromatic rings. The molecule has 0 fully saturated rings. The number of halogens is 3. The lowest BCUT2D eigenvalue weighted by atomic mass is 9.94. The Bertz CT molecular complexity index is 785. The summed E-state index contributed by atoms with van der Waals surface area (Å²) in [6.45, 7) is 7.37. The molecule has 0 aliphatic carbocycles. The van der Waals surface area contributed by atoms with Gasteiger partial charge in [-0.15, -0.1) is 0 Å². The van der Waals surface area contributed by atoms with E-state index in [9.17, 15) is 13.2 Å². The van der Waals surface area contributed by atoms with Crippen molar-refractivity contribution in [3.8, 4) is 6.07 Å². The highest BCUT2D eigenvalue weighted by atomic mass is 32.2. The minimum absolute atomic E-state index is 0.0281. The van der Waals surface area contributed by atoms with Crippen LogP contribution < -0.4 is 0 Å². The molecular weight excluding hydrogens is 339 g/mol. The molecule has 0 saturated heterocycles. The van der Waals surface area contributed by atoms with Crippen LogP contribution in [0.25, 0.3) is 0 Å². The molecule has 0 aliphatic heterocycles. The largest absolute Gasteiger partial charge is 0.444 e. The number of rotatable bonds is 3. The number of hydrogen-bond donors (Lipinski definition) is 0. The summed E-state index contributed by atoms with van der Waals surface area (Å²) in [5, 5.41) is 9.15. The van der Waals surface area contributed by atoms with Crippen molar-refractivity contribution in [2.45, 2.75) is 50.1 Å². The number of aromatic nitrogens is 2. The van der Waals surface area contributed by atoms with Crippen molar-refractivity contribution in [2.24, 2.45) is 0 Å². The molecule has 0 atom stereocenters. The fraction of sp³-hybridized carbons (Fsp3) is 0.438. The van der Waals surface area contributed by atoms with Crippen molar-refractivity contribution in [1.29, 1.82) is 5.26 Å². The Morgan fingerprint density at radius 1 is 1.29 bits per heavy atom. The Hall–Kier alpha value is -2.01. The fourth-order valence-corrected chi connectivity index (χ4v) is 2.84. The van der Waals surface area contributed by atoms with E-state index in [0.29, 0.717) is 11.7 Å². The standard InChI is InChI=1S/C16H16F3N3OS/c1-9-5-11(16(17,18)19)10(6-20)14(22-9)24-8-13-21-7-12(23-13)15(2,3)4/h5,7H,8H2,1-4H3. The van der Waals surface area contributed by atoms with Gasteiger partial charge in [-0.2, -0.15) is 18.4 Å². The van der Waals surface area contributed by atoms with Crippen molar-refractivity contribution in [3.63, 3.8) is 0 Å². The molecule has 0 radical (unpaired) electrons. The third-order valence-corrected chi connectivity index (χ3v) is 4.12. The Balaban J connectivity index is 2.29. The van der Waals surface area contributed by atoms with Gasteiger partial charge >= 0.3 is 6.18 Å². The van der Waals surface area contributed by atoms with E-state index >= 15 is 0 Å². The van der Waals surface area contributed by atoms with E-state index < -0.39 is 17.3 Å². The lowest BCUT2D eigenvalue weighted by Gasteiger charge is -2.13. The number of hydrogen-bond acceptors (Lipinski definition) is 5. The average Bonchev–Trinajstić information content (AvgIpc) is 2.92. The number of nitrogens with zero attached hydrogens (tertiary/aromatic N) is 3. The highest BCUT2D eigenvalue weighted by molar-refractivity contribution is 7.98. The second-order valence-electron chi connectivity index (χ2n) is 6.26. The Morgan fingerprint density at radius 2 is 1.96 bits per heavy atom. The summed E-state index contributed by atoms with van der Waals surface area (Å²) in [5.74, 6) is 1.26. The SMILES string of the molecule is Cc1cc(C(F)(F)F)c(C#N)c(SCc2ncc(C(C)(C)C)o2)n1. The number of aryl methyl sites for hydroxylation is 1. The zero-order valence-corrected chi connectivity index (χ0v) is 14.5. The number of thioether (sulfide) groups is 1. The molecule has 4 nitrogen and oxygen atoms in total. The monoisotopic (exact) mass is 355 g/mol. The molecule has 2 rings (SSSR count). The van der Waals surface area contributed by atoms with Gasteiger partial charge < -0.3 is 4.42 Å². The van der Waals surface area contributed by atoms with E-state index in [2.05, 4.69) is 9.97 Å². The van der Waals surface area contributed by atoms with Gasteiger partial charge in [0, 0.05) is 11.1 Å². The summed E-state index contributed by atoms with van der Waals surface area (Å²) < 4.78 is 44.8. The maximum Gasteiger partial charge on any atom is 0.417 e. The maximum atomic E-state index is 13.1. The second-order valence-corrected chi connectivity index (χ2v) is 7.22. The molecule has 8 heteroatoms. The van der Waals surface area contributed by atoms with Crippen molar-refractivity contribution >= 4 is 11.8 Å². The third-order valence-electron chi connectivity index (χ3n) is 3.16. The molecule has 0 aliphatic rings. The van der Waals surface area contributed by atoms with E-state index in [1.807, 2.05) is 20.8 Å². The van der Waals surface area contributed by atoms with Gasteiger partial charge in [-0.05, 0) is 13.0 Å². The molecule has 0 amide bonds. The average molecular weight is 355 g/mol. The van der Waals surface area contributed by atoms with E-state index in [1.165, 1.54) is 6.92 Å². The number of nitriles is 1. The Morgan fingerprint density at radius 3 is 2.46 bits per heavy atom. The normalized spacial score (nSPS) is 12.2. The summed E-state index contributed by atoms with van der Waals surface area (Å²) in [6, 6.07) is 2.49. The number of oxazole rings is 1. The molecule has 0 bridgehead atoms. The van der Waals surface area contributed by atoms with Gasteiger partial charge in [0.05, 0.1) is 23.1 Å². The van der Waals surface area contributed by atoms with Crippen LogP contribution in [0.5, 0.6) is 0 Å². The van der Waals surface area contributed by atoms with Crippen LogP contribution in [0.15, 0.2) is 21.7 Å². The van der Waals surface area contributed by atoms with Crippen molar-refractivity contribution in [2.75, 3.05) is 0 Å². The first-order valence-corrected chi connectivity index (χ1v) is 8.08. The van der Waals surface area contributed by atoms with Crippen molar-refractivity contribution in [3.05, 3.63) is 40.7 Å². The highest BCUT2D eigenvalue weighted by Gasteiger charge is 2.35. The Kier molecular flexibility index (Phi) is 4.95. The summed E-state index contributed by atoms with van der Waals surface area (Å²) in [5.41, 5.74) is -1.45. The molecule has 2 heterocycles. The zero-order chi connectivity index (χ0) is 18.1. The van der Waals surface area contributed by atoms with Crippen LogP contribution in [0.4, 0.5) is 13.2 Å². The van der Waals surface area contributed by atoms with Crippen molar-refractivity contribution < 1.29 is 17.6 Å². The van der Waals surface area contributed by atoms with Gasteiger partial charge in [-0.3, -0.25) is 0 Å². The quantitative estimate of drug-likeness (QED) is 0.736. The van der Waals surface area contributed by atoms with Gasteiger partial charge in [-0.25, -0.2) is 9.97 Å². The van der Waals surface area contributed by atoms with Crippen molar-refractivity contribution in [1.82, 2.24) is 9.97 Å². The van der Waals surface area contributed by atoms with Crippen LogP contribution in [0, 0.1) is 18.3 Å². The molecule has 0 N–H and O–H groups in total. The molecule has 0 unspecified atom stereocenters. The summed E-state index contributed by atoms with van der Waals surface area (Å²) in [7, 11) is 0. The first kappa shape index (κ1) is 18.3. The predicted molar refractivity (Wildman–Crippen MR) is 83.5 cm³/mol. The molecule has 0 aromatic carbocycles. The second kappa shape index (κ2) is 6.48. The first-order chi connectivity index (χ1) is 11.0. The predicted octanol–water partition coefficient (Wildman–Crippen LogP) is 4.86. The Labute approximate surface area is 142 Å². The summed E-state index contributed by atoms with van der Waals surface area (Å²) >= 11 is 1.00. The van der Waals surface area contributed by atoms with E-state index in [-0.39, 0.29) is 21.9 Å². The maximum absolute atomic E-state index is 13.1. The van der Waals surface area contributed by atoms with E-state index in [1.54, 1.807) is 12.3 Å². The van der Waals surface area contributed by atoms with Crippen LogP contribution in [0.1, 0.15) is 49.2 Å². The van der Waals surface area contributed by atoms with E-state index in [0.717, 1.165) is 17.8 Å². The van der Waals surface area contributed by atoms with Gasteiger partial charge in [0.25, 0.3) is 0 Å². The van der Waals surface area contributed by atoms with Gasteiger partial charge in [0.2, 0.25) is 5.89 Å². The first-order valence-electron chi connectivity index (χ1n) is 7.09. The smallest absolute Gasteiger partial charge is 0.417 e. The highest BCUT2D eigenvalue weighted by Crippen LogP contribution is 2.36. The number of pyridine rings is 1. The molecular formula is C16H16F3N3OS. The lowest BCUT2D eigenvalue weighted by Crippen LogP contribution is -2.10. The van der Waals surface area contributed by atoms with Crippen LogP contribution in [0.2, 0.25) is 0 Å². The topological polar surface area (TPSA) is 62.7 Å². The molecule has 128 valence electrons. The lowest BCUT2D eigenvalue weighted by molar-refractivity contribution is -0.138. The van der Waals surface area contributed by atoms with Crippen LogP contribution in [0.3, 0.4) is 0 Å². The molecule has 0 saturated carbocycles. The van der Waals surface area contributed by atoms with Crippen LogP contribution in [-0.2, 0) is 17.3 Å². The van der Waals surface area contributed by atoms with Crippen LogP contribution >= 0.6 is 11.8 Å². The van der Waals surface area contributed by atoms with E-state index in [4.69, 9.17) is 9.68 Å². The van der Waals surface area contributed by atoms with Gasteiger partial charge in [-0.1, -0.05) is 32.5 Å². The molecule has 2 aromatic heterocycles.